The molecule has 0 atom stereocenters. The SMILES string of the molecule is Cc1nc(CN(C)c2ncnc3nc[nH]c23)cs1. The molecule has 1 N–H and O–H groups in total. The van der Waals surface area contributed by atoms with E-state index in [2.05, 4.69) is 30.3 Å². The van der Waals surface area contributed by atoms with Crippen LogP contribution >= 0.6 is 11.3 Å². The second kappa shape index (κ2) is 4.34. The number of nitrogens with zero attached hydrogens (tertiary/aromatic N) is 5. The first-order valence-corrected chi connectivity index (χ1v) is 6.38. The first-order valence-electron chi connectivity index (χ1n) is 5.50. The maximum atomic E-state index is 4.45. The summed E-state index contributed by atoms with van der Waals surface area (Å²) in [6.07, 6.45) is 3.16. The van der Waals surface area contributed by atoms with Crippen molar-refractivity contribution in [1.29, 1.82) is 0 Å². The van der Waals surface area contributed by atoms with Crippen molar-refractivity contribution in [3.63, 3.8) is 0 Å². The van der Waals surface area contributed by atoms with E-state index in [9.17, 15) is 0 Å². The van der Waals surface area contributed by atoms with Gasteiger partial charge in [-0.2, -0.15) is 0 Å². The fourth-order valence-corrected chi connectivity index (χ4v) is 2.44. The Morgan fingerprint density at radius 2 is 2.22 bits per heavy atom. The van der Waals surface area contributed by atoms with E-state index in [0.29, 0.717) is 5.65 Å². The Labute approximate surface area is 108 Å². The van der Waals surface area contributed by atoms with E-state index < -0.39 is 0 Å². The van der Waals surface area contributed by atoms with Gasteiger partial charge in [-0.15, -0.1) is 11.3 Å². The monoisotopic (exact) mass is 260 g/mol. The van der Waals surface area contributed by atoms with Crippen molar-refractivity contribution >= 4 is 28.3 Å². The molecule has 3 heterocycles. The highest BCUT2D eigenvalue weighted by Crippen LogP contribution is 2.20. The predicted molar refractivity (Wildman–Crippen MR) is 70.6 cm³/mol. The molecule has 0 spiro atoms. The Balaban J connectivity index is 1.92. The number of anilines is 1. The Morgan fingerprint density at radius 3 is 3.00 bits per heavy atom. The van der Waals surface area contributed by atoms with E-state index >= 15 is 0 Å². The zero-order valence-corrected chi connectivity index (χ0v) is 10.9. The van der Waals surface area contributed by atoms with Crippen LogP contribution in [0.2, 0.25) is 0 Å². The van der Waals surface area contributed by atoms with Gasteiger partial charge in [0.25, 0.3) is 0 Å². The number of aromatic amines is 1. The molecule has 0 unspecified atom stereocenters. The highest BCUT2D eigenvalue weighted by Gasteiger charge is 2.11. The number of aryl methyl sites for hydroxylation is 1. The van der Waals surface area contributed by atoms with E-state index in [0.717, 1.165) is 28.6 Å². The van der Waals surface area contributed by atoms with Crippen LogP contribution in [-0.2, 0) is 6.54 Å². The van der Waals surface area contributed by atoms with Gasteiger partial charge in [-0.25, -0.2) is 19.9 Å². The molecular weight excluding hydrogens is 248 g/mol. The number of aromatic nitrogens is 5. The third-order valence-corrected chi connectivity index (χ3v) is 3.45. The van der Waals surface area contributed by atoms with Gasteiger partial charge >= 0.3 is 0 Å². The molecule has 3 aromatic heterocycles. The third-order valence-electron chi connectivity index (χ3n) is 2.63. The van der Waals surface area contributed by atoms with Gasteiger partial charge in [-0.1, -0.05) is 0 Å². The summed E-state index contributed by atoms with van der Waals surface area (Å²) in [6, 6.07) is 0. The first kappa shape index (κ1) is 11.1. The first-order chi connectivity index (χ1) is 8.74. The Bertz CT molecular complexity index is 673. The van der Waals surface area contributed by atoms with Crippen LogP contribution < -0.4 is 4.90 Å². The molecule has 0 bridgehead atoms. The summed E-state index contributed by atoms with van der Waals surface area (Å²) in [4.78, 5) is 22.1. The largest absolute Gasteiger partial charge is 0.352 e. The quantitative estimate of drug-likeness (QED) is 0.777. The average Bonchev–Trinajstić information content (AvgIpc) is 2.97. The van der Waals surface area contributed by atoms with Gasteiger partial charge in [0.15, 0.2) is 11.5 Å². The smallest absolute Gasteiger partial charge is 0.182 e. The van der Waals surface area contributed by atoms with Crippen LogP contribution in [0, 0.1) is 6.92 Å². The standard InChI is InChI=1S/C11H12N6S/c1-7-16-8(4-18-7)3-17(2)11-9-10(13-5-12-9)14-6-15-11/h4-6H,3H2,1-2H3,(H,12,13,14,15). The van der Waals surface area contributed by atoms with Gasteiger partial charge in [-0.05, 0) is 6.92 Å². The lowest BCUT2D eigenvalue weighted by Crippen LogP contribution is -2.18. The van der Waals surface area contributed by atoms with Gasteiger partial charge in [0.1, 0.15) is 11.8 Å². The third kappa shape index (κ3) is 1.92. The predicted octanol–water partition coefficient (Wildman–Crippen LogP) is 1.75. The van der Waals surface area contributed by atoms with Gasteiger partial charge < -0.3 is 9.88 Å². The maximum Gasteiger partial charge on any atom is 0.182 e. The van der Waals surface area contributed by atoms with Crippen LogP contribution in [0.4, 0.5) is 5.82 Å². The molecule has 0 aliphatic heterocycles. The summed E-state index contributed by atoms with van der Waals surface area (Å²) in [7, 11) is 1.98. The summed E-state index contributed by atoms with van der Waals surface area (Å²) in [6.45, 7) is 2.72. The summed E-state index contributed by atoms with van der Waals surface area (Å²) < 4.78 is 0. The minimum Gasteiger partial charge on any atom is -0.352 e. The average molecular weight is 260 g/mol. The fraction of sp³-hybridized carbons (Fsp3) is 0.273. The molecule has 7 heteroatoms. The summed E-state index contributed by atoms with van der Waals surface area (Å²) in [5.41, 5.74) is 2.58. The summed E-state index contributed by atoms with van der Waals surface area (Å²) >= 11 is 1.66. The molecule has 3 aromatic rings. The van der Waals surface area contributed by atoms with Crippen molar-refractivity contribution < 1.29 is 0 Å². The van der Waals surface area contributed by atoms with Gasteiger partial charge in [0.2, 0.25) is 0 Å². The number of hydrogen-bond donors (Lipinski definition) is 1. The van der Waals surface area contributed by atoms with Gasteiger partial charge in [-0.3, -0.25) is 0 Å². The highest BCUT2D eigenvalue weighted by atomic mass is 32.1. The normalized spacial score (nSPS) is 11.0. The molecule has 18 heavy (non-hydrogen) atoms. The molecule has 92 valence electrons. The molecule has 3 rings (SSSR count). The minimum absolute atomic E-state index is 0.682. The lowest BCUT2D eigenvalue weighted by atomic mass is 10.4. The van der Waals surface area contributed by atoms with E-state index in [-0.39, 0.29) is 0 Å². The molecule has 0 fully saturated rings. The second-order valence-corrected chi connectivity index (χ2v) is 5.07. The number of H-pyrrole nitrogens is 1. The van der Waals surface area contributed by atoms with Gasteiger partial charge in [0, 0.05) is 12.4 Å². The van der Waals surface area contributed by atoms with Crippen molar-refractivity contribution in [3.05, 3.63) is 28.7 Å². The van der Waals surface area contributed by atoms with Crippen LogP contribution in [0.15, 0.2) is 18.0 Å². The number of rotatable bonds is 3. The highest BCUT2D eigenvalue weighted by molar-refractivity contribution is 7.09. The van der Waals surface area contributed by atoms with E-state index in [1.807, 2.05) is 18.9 Å². The van der Waals surface area contributed by atoms with Crippen molar-refractivity contribution in [3.8, 4) is 0 Å². The van der Waals surface area contributed by atoms with Crippen LogP contribution in [0.1, 0.15) is 10.7 Å². The molecule has 0 amide bonds. The zero-order chi connectivity index (χ0) is 12.5. The van der Waals surface area contributed by atoms with Crippen molar-refractivity contribution in [2.24, 2.45) is 0 Å². The Kier molecular flexibility index (Phi) is 2.67. The molecule has 0 saturated heterocycles. The molecule has 0 radical (unpaired) electrons. The fourth-order valence-electron chi connectivity index (χ4n) is 1.84. The molecule has 6 nitrogen and oxygen atoms in total. The maximum absolute atomic E-state index is 4.45. The molecule has 0 aromatic carbocycles. The molecule has 0 saturated carbocycles. The molecular formula is C11H12N6S. The minimum atomic E-state index is 0.682. The summed E-state index contributed by atoms with van der Waals surface area (Å²) in [5, 5.41) is 3.14. The van der Waals surface area contributed by atoms with Crippen molar-refractivity contribution in [2.75, 3.05) is 11.9 Å². The zero-order valence-electron chi connectivity index (χ0n) is 10.1. The number of fused-ring (bicyclic) bond motifs is 1. The van der Waals surface area contributed by atoms with E-state index in [1.54, 1.807) is 17.7 Å². The lowest BCUT2D eigenvalue weighted by molar-refractivity contribution is 0.871. The Morgan fingerprint density at radius 1 is 1.33 bits per heavy atom. The number of hydrogen-bond acceptors (Lipinski definition) is 6. The van der Waals surface area contributed by atoms with Crippen molar-refractivity contribution in [1.82, 2.24) is 24.9 Å². The van der Waals surface area contributed by atoms with Crippen LogP contribution in [-0.4, -0.2) is 32.0 Å². The lowest BCUT2D eigenvalue weighted by Gasteiger charge is -2.16. The van der Waals surface area contributed by atoms with E-state index in [4.69, 9.17) is 0 Å². The second-order valence-electron chi connectivity index (χ2n) is 4.01. The van der Waals surface area contributed by atoms with Crippen LogP contribution in [0.5, 0.6) is 0 Å². The van der Waals surface area contributed by atoms with E-state index in [1.165, 1.54) is 6.33 Å². The van der Waals surface area contributed by atoms with Gasteiger partial charge in [0.05, 0.1) is 23.6 Å². The number of imidazole rings is 1. The van der Waals surface area contributed by atoms with Crippen molar-refractivity contribution in [2.45, 2.75) is 13.5 Å². The van der Waals surface area contributed by atoms with Crippen LogP contribution in [0.3, 0.4) is 0 Å². The summed E-state index contributed by atoms with van der Waals surface area (Å²) in [5.74, 6) is 0.836. The Hall–Kier alpha value is -2.02. The van der Waals surface area contributed by atoms with Crippen LogP contribution in [0.25, 0.3) is 11.2 Å². The molecule has 0 aliphatic rings. The number of thiazole rings is 1. The molecule has 0 aliphatic carbocycles. The number of nitrogens with one attached hydrogen (secondary N) is 1. The topological polar surface area (TPSA) is 70.6 Å².